The largest absolute Gasteiger partial charge is 0.494 e. The zero-order valence-corrected chi connectivity index (χ0v) is 15.4. The molecule has 0 bridgehead atoms. The summed E-state index contributed by atoms with van der Waals surface area (Å²) in [5.74, 6) is 0.0771. The Hall–Kier alpha value is -3.08. The lowest BCUT2D eigenvalue weighted by Crippen LogP contribution is -2.27. The third kappa shape index (κ3) is 3.20. The molecule has 1 aliphatic heterocycles. The van der Waals surface area contributed by atoms with Crippen LogP contribution in [0.3, 0.4) is 0 Å². The van der Waals surface area contributed by atoms with Crippen molar-refractivity contribution in [1.82, 2.24) is 4.90 Å². The molecular weight excluding hydrogens is 328 g/mol. The van der Waals surface area contributed by atoms with E-state index in [1.54, 1.807) is 24.3 Å². The Bertz CT molecular complexity index is 898. The average molecular weight is 350 g/mol. The zero-order chi connectivity index (χ0) is 18.8. The Kier molecular flexibility index (Phi) is 4.80. The van der Waals surface area contributed by atoms with Crippen molar-refractivity contribution in [3.8, 4) is 5.75 Å². The molecule has 0 saturated heterocycles. The van der Waals surface area contributed by atoms with Crippen LogP contribution in [0.1, 0.15) is 23.6 Å². The van der Waals surface area contributed by atoms with Crippen molar-refractivity contribution in [2.45, 2.75) is 20.8 Å². The van der Waals surface area contributed by atoms with Crippen molar-refractivity contribution in [2.75, 3.05) is 19.0 Å². The van der Waals surface area contributed by atoms with Crippen LogP contribution in [0.2, 0.25) is 0 Å². The molecule has 5 heteroatoms. The molecule has 0 radical (unpaired) electrons. The highest BCUT2D eigenvalue weighted by atomic mass is 16.5. The predicted molar refractivity (Wildman–Crippen MR) is 102 cm³/mol. The number of carbonyl (C=O) groups excluding carboxylic acids is 2. The van der Waals surface area contributed by atoms with Crippen molar-refractivity contribution < 1.29 is 14.3 Å². The van der Waals surface area contributed by atoms with E-state index in [-0.39, 0.29) is 11.8 Å². The first-order valence-corrected chi connectivity index (χ1v) is 8.56. The highest BCUT2D eigenvalue weighted by Crippen LogP contribution is 2.31. The summed E-state index contributed by atoms with van der Waals surface area (Å²) >= 11 is 0. The number of benzene rings is 2. The molecule has 0 spiro atoms. The van der Waals surface area contributed by atoms with Gasteiger partial charge < -0.3 is 10.1 Å². The predicted octanol–water partition coefficient (Wildman–Crippen LogP) is 3.52. The average Bonchev–Trinajstić information content (AvgIpc) is 2.83. The number of anilines is 1. The normalized spacial score (nSPS) is 14.2. The van der Waals surface area contributed by atoms with E-state index in [0.717, 1.165) is 21.9 Å². The minimum absolute atomic E-state index is 0.296. The number of nitrogens with zero attached hydrogens (tertiary/aromatic N) is 1. The first-order valence-electron chi connectivity index (χ1n) is 8.56. The van der Waals surface area contributed by atoms with E-state index in [1.165, 1.54) is 12.6 Å². The number of imide groups is 1. The van der Waals surface area contributed by atoms with Gasteiger partial charge in [-0.25, -0.2) is 0 Å². The van der Waals surface area contributed by atoms with Gasteiger partial charge in [-0.15, -0.1) is 0 Å². The number of aryl methyl sites for hydroxylation is 2. The first-order chi connectivity index (χ1) is 12.4. The smallest absolute Gasteiger partial charge is 0.277 e. The summed E-state index contributed by atoms with van der Waals surface area (Å²) in [6, 6.07) is 13.1. The molecular formula is C21H22N2O3. The summed E-state index contributed by atoms with van der Waals surface area (Å²) in [6.45, 7) is 6.52. The fourth-order valence-electron chi connectivity index (χ4n) is 2.87. The van der Waals surface area contributed by atoms with E-state index in [1.807, 2.05) is 39.0 Å². The van der Waals surface area contributed by atoms with Gasteiger partial charge in [-0.1, -0.05) is 18.2 Å². The van der Waals surface area contributed by atoms with E-state index in [4.69, 9.17) is 4.74 Å². The van der Waals surface area contributed by atoms with Crippen LogP contribution in [0.5, 0.6) is 5.75 Å². The number of ether oxygens (including phenoxy) is 1. The molecule has 0 aromatic heterocycles. The third-order valence-corrected chi connectivity index (χ3v) is 4.52. The van der Waals surface area contributed by atoms with Gasteiger partial charge in [-0.05, 0) is 61.7 Å². The van der Waals surface area contributed by atoms with Gasteiger partial charge in [0.15, 0.2) is 0 Å². The molecule has 5 nitrogen and oxygen atoms in total. The van der Waals surface area contributed by atoms with Crippen molar-refractivity contribution in [3.63, 3.8) is 0 Å². The highest BCUT2D eigenvalue weighted by Gasteiger charge is 2.36. The Morgan fingerprint density at radius 1 is 0.962 bits per heavy atom. The van der Waals surface area contributed by atoms with Crippen LogP contribution in [0.25, 0.3) is 5.57 Å². The van der Waals surface area contributed by atoms with E-state index >= 15 is 0 Å². The standard InChI is InChI=1S/C21H22N2O3/c1-5-26-17-10-7-15(8-11-17)18-19(21(25)23(4)20(18)24)22-16-9-6-13(2)14(3)12-16/h6-12,22H,5H2,1-4H3. The van der Waals surface area contributed by atoms with Gasteiger partial charge in [0.1, 0.15) is 11.4 Å². The molecule has 26 heavy (non-hydrogen) atoms. The first kappa shape index (κ1) is 17.7. The number of likely N-dealkylation sites (N-methyl/N-ethyl adjacent to an activating group) is 1. The van der Waals surface area contributed by atoms with Gasteiger partial charge in [-0.2, -0.15) is 0 Å². The monoisotopic (exact) mass is 350 g/mol. The molecule has 134 valence electrons. The minimum Gasteiger partial charge on any atom is -0.494 e. The molecule has 2 aromatic carbocycles. The van der Waals surface area contributed by atoms with E-state index in [0.29, 0.717) is 23.4 Å². The van der Waals surface area contributed by atoms with Crippen LogP contribution in [-0.4, -0.2) is 30.4 Å². The second-order valence-corrected chi connectivity index (χ2v) is 6.30. The number of nitrogens with one attached hydrogen (secondary N) is 1. The van der Waals surface area contributed by atoms with Gasteiger partial charge >= 0.3 is 0 Å². The van der Waals surface area contributed by atoms with Crippen molar-refractivity contribution in [3.05, 3.63) is 64.9 Å². The molecule has 3 rings (SSSR count). The molecule has 1 aliphatic rings. The van der Waals surface area contributed by atoms with Gasteiger partial charge in [0.25, 0.3) is 11.8 Å². The maximum Gasteiger partial charge on any atom is 0.277 e. The molecule has 0 fully saturated rings. The molecule has 1 N–H and O–H groups in total. The quantitative estimate of drug-likeness (QED) is 0.838. The lowest BCUT2D eigenvalue weighted by molar-refractivity contribution is -0.135. The van der Waals surface area contributed by atoms with Crippen LogP contribution >= 0.6 is 0 Å². The Balaban J connectivity index is 2.02. The Labute approximate surface area is 153 Å². The van der Waals surface area contributed by atoms with E-state index in [2.05, 4.69) is 5.32 Å². The van der Waals surface area contributed by atoms with E-state index in [9.17, 15) is 9.59 Å². The number of amides is 2. The maximum absolute atomic E-state index is 12.6. The summed E-state index contributed by atoms with van der Waals surface area (Å²) in [6.07, 6.45) is 0. The van der Waals surface area contributed by atoms with Crippen LogP contribution in [0.4, 0.5) is 5.69 Å². The fourth-order valence-corrected chi connectivity index (χ4v) is 2.87. The second kappa shape index (κ2) is 7.04. The van der Waals surface area contributed by atoms with Crippen LogP contribution in [0, 0.1) is 13.8 Å². The number of rotatable bonds is 5. The molecule has 2 amide bonds. The fraction of sp³-hybridized carbons (Fsp3) is 0.238. The summed E-state index contributed by atoms with van der Waals surface area (Å²) < 4.78 is 5.45. The zero-order valence-electron chi connectivity index (χ0n) is 15.4. The van der Waals surface area contributed by atoms with Gasteiger partial charge in [0.2, 0.25) is 0 Å². The van der Waals surface area contributed by atoms with Crippen LogP contribution in [0.15, 0.2) is 48.2 Å². The summed E-state index contributed by atoms with van der Waals surface area (Å²) in [5.41, 5.74) is 4.42. The third-order valence-electron chi connectivity index (χ3n) is 4.52. The van der Waals surface area contributed by atoms with Crippen molar-refractivity contribution in [2.24, 2.45) is 0 Å². The summed E-state index contributed by atoms with van der Waals surface area (Å²) in [7, 11) is 1.49. The lowest BCUT2D eigenvalue weighted by atomic mass is 10.0. The van der Waals surface area contributed by atoms with Crippen molar-refractivity contribution in [1.29, 1.82) is 0 Å². The molecule has 0 atom stereocenters. The highest BCUT2D eigenvalue weighted by molar-refractivity contribution is 6.36. The molecule has 0 saturated carbocycles. The minimum atomic E-state index is -0.336. The van der Waals surface area contributed by atoms with Gasteiger partial charge in [0.05, 0.1) is 12.2 Å². The van der Waals surface area contributed by atoms with Crippen LogP contribution in [-0.2, 0) is 9.59 Å². The maximum atomic E-state index is 12.6. The van der Waals surface area contributed by atoms with Gasteiger partial charge in [-0.3, -0.25) is 14.5 Å². The number of hydrogen-bond acceptors (Lipinski definition) is 4. The molecule has 1 heterocycles. The summed E-state index contributed by atoms with van der Waals surface area (Å²) in [4.78, 5) is 26.3. The number of carbonyl (C=O) groups is 2. The summed E-state index contributed by atoms with van der Waals surface area (Å²) in [5, 5.41) is 3.14. The number of hydrogen-bond donors (Lipinski definition) is 1. The Morgan fingerprint density at radius 3 is 2.27 bits per heavy atom. The molecule has 2 aromatic rings. The van der Waals surface area contributed by atoms with Crippen LogP contribution < -0.4 is 10.1 Å². The SMILES string of the molecule is CCOc1ccc(C2=C(Nc3ccc(C)c(C)c3)C(=O)N(C)C2=O)cc1. The molecule has 0 unspecified atom stereocenters. The molecule has 0 aliphatic carbocycles. The van der Waals surface area contributed by atoms with Crippen molar-refractivity contribution >= 4 is 23.1 Å². The van der Waals surface area contributed by atoms with E-state index < -0.39 is 0 Å². The topological polar surface area (TPSA) is 58.6 Å². The second-order valence-electron chi connectivity index (χ2n) is 6.30. The van der Waals surface area contributed by atoms with Gasteiger partial charge in [0, 0.05) is 12.7 Å². The lowest BCUT2D eigenvalue weighted by Gasteiger charge is -2.11. The Morgan fingerprint density at radius 2 is 1.65 bits per heavy atom.